The normalized spacial score (nSPS) is 20.6. The summed E-state index contributed by atoms with van der Waals surface area (Å²) in [6, 6.07) is 7.71. The molecule has 1 unspecified atom stereocenters. The van der Waals surface area contributed by atoms with Gasteiger partial charge in [-0.05, 0) is 12.1 Å². The van der Waals surface area contributed by atoms with Crippen molar-refractivity contribution < 1.29 is 4.79 Å². The Morgan fingerprint density at radius 1 is 1.29 bits per heavy atom. The summed E-state index contributed by atoms with van der Waals surface area (Å²) in [6.07, 6.45) is 3.89. The second kappa shape index (κ2) is 3.29. The molecule has 1 heterocycles. The number of ketones is 1. The lowest BCUT2D eigenvalue weighted by Gasteiger charge is -2.15. The van der Waals surface area contributed by atoms with Crippen LogP contribution in [0.3, 0.4) is 0 Å². The Kier molecular flexibility index (Phi) is 2.12. The lowest BCUT2D eigenvalue weighted by molar-refractivity contribution is 0.0954. The smallest absolute Gasteiger partial charge is 0.171 e. The summed E-state index contributed by atoms with van der Waals surface area (Å²) in [7, 11) is 1.96. The zero-order chi connectivity index (χ0) is 10.1. The summed E-state index contributed by atoms with van der Waals surface area (Å²) in [5.41, 5.74) is 1.80. The number of rotatable bonds is 0. The van der Waals surface area contributed by atoms with Crippen LogP contribution in [0.25, 0.3) is 0 Å². The minimum atomic E-state index is -0.0268. The maximum atomic E-state index is 11.9. The first kappa shape index (κ1) is 9.00. The number of benzene rings is 1. The van der Waals surface area contributed by atoms with E-state index < -0.39 is 0 Å². The van der Waals surface area contributed by atoms with Gasteiger partial charge in [-0.25, -0.2) is 0 Å². The van der Waals surface area contributed by atoms with E-state index in [4.69, 9.17) is 0 Å². The van der Waals surface area contributed by atoms with E-state index in [0.29, 0.717) is 0 Å². The third-order valence-corrected chi connectivity index (χ3v) is 2.56. The molecule has 2 heteroatoms. The van der Waals surface area contributed by atoms with Gasteiger partial charge in [-0.15, -0.1) is 0 Å². The molecule has 1 aromatic rings. The maximum absolute atomic E-state index is 11.9. The average Bonchev–Trinajstić information content (AvgIpc) is 2.33. The lowest BCUT2D eigenvalue weighted by Crippen LogP contribution is -2.11. The van der Waals surface area contributed by atoms with Crippen molar-refractivity contribution in [2.75, 3.05) is 11.9 Å². The van der Waals surface area contributed by atoms with Crippen LogP contribution in [0.15, 0.2) is 36.5 Å². The van der Waals surface area contributed by atoms with E-state index in [2.05, 4.69) is 0 Å². The molecular formula is C12H13NO. The Morgan fingerprint density at radius 2 is 2.00 bits per heavy atom. The van der Waals surface area contributed by atoms with E-state index in [9.17, 15) is 4.79 Å². The zero-order valence-corrected chi connectivity index (χ0v) is 8.40. The molecule has 2 rings (SSSR count). The van der Waals surface area contributed by atoms with Gasteiger partial charge in [-0.2, -0.15) is 0 Å². The standard InChI is InChI=1S/C12H13NO/c1-9-7-8-13(2)11-6-4-3-5-10(11)12(9)14/h3-9H,1-2H3. The van der Waals surface area contributed by atoms with E-state index in [0.717, 1.165) is 11.3 Å². The van der Waals surface area contributed by atoms with Crippen molar-refractivity contribution in [1.82, 2.24) is 0 Å². The van der Waals surface area contributed by atoms with Crippen LogP contribution in [-0.4, -0.2) is 12.8 Å². The fourth-order valence-corrected chi connectivity index (χ4v) is 1.66. The third kappa shape index (κ3) is 1.33. The lowest BCUT2D eigenvalue weighted by atomic mass is 9.99. The number of hydrogen-bond acceptors (Lipinski definition) is 2. The molecule has 1 aromatic carbocycles. The molecule has 0 aromatic heterocycles. The molecule has 1 aliphatic heterocycles. The number of para-hydroxylation sites is 1. The van der Waals surface area contributed by atoms with Gasteiger partial charge in [0, 0.05) is 24.7 Å². The molecule has 0 saturated carbocycles. The molecule has 0 radical (unpaired) electrons. The van der Waals surface area contributed by atoms with E-state index in [1.807, 2.05) is 55.4 Å². The van der Waals surface area contributed by atoms with Gasteiger partial charge in [-0.3, -0.25) is 4.79 Å². The molecule has 0 N–H and O–H groups in total. The van der Waals surface area contributed by atoms with Gasteiger partial charge >= 0.3 is 0 Å². The van der Waals surface area contributed by atoms with Crippen molar-refractivity contribution in [3.63, 3.8) is 0 Å². The Balaban J connectivity index is 2.59. The summed E-state index contributed by atoms with van der Waals surface area (Å²) in [5.74, 6) is 0.169. The van der Waals surface area contributed by atoms with Crippen molar-refractivity contribution in [1.29, 1.82) is 0 Å². The first-order valence-corrected chi connectivity index (χ1v) is 4.74. The molecule has 0 amide bonds. The molecule has 2 nitrogen and oxygen atoms in total. The van der Waals surface area contributed by atoms with E-state index >= 15 is 0 Å². The van der Waals surface area contributed by atoms with Gasteiger partial charge in [-0.1, -0.05) is 25.1 Å². The highest BCUT2D eigenvalue weighted by molar-refractivity contribution is 6.04. The fourth-order valence-electron chi connectivity index (χ4n) is 1.66. The number of allylic oxidation sites excluding steroid dienone is 1. The zero-order valence-electron chi connectivity index (χ0n) is 8.40. The summed E-state index contributed by atoms with van der Waals surface area (Å²) in [5, 5.41) is 0. The fraction of sp³-hybridized carbons (Fsp3) is 0.250. The topological polar surface area (TPSA) is 20.3 Å². The highest BCUT2D eigenvalue weighted by Crippen LogP contribution is 2.25. The number of hydrogen-bond donors (Lipinski definition) is 0. The second-order valence-electron chi connectivity index (χ2n) is 3.62. The highest BCUT2D eigenvalue weighted by Gasteiger charge is 2.20. The molecule has 1 aliphatic rings. The molecule has 72 valence electrons. The first-order valence-electron chi connectivity index (χ1n) is 4.74. The number of Topliss-reactive ketones (excluding diaryl/α,β-unsaturated/α-hetero) is 1. The molecule has 14 heavy (non-hydrogen) atoms. The van der Waals surface area contributed by atoms with Crippen LogP contribution >= 0.6 is 0 Å². The summed E-state index contributed by atoms with van der Waals surface area (Å²) < 4.78 is 0. The predicted molar refractivity (Wildman–Crippen MR) is 57.5 cm³/mol. The SMILES string of the molecule is CC1C=CN(C)c2ccccc2C1=O. The minimum Gasteiger partial charge on any atom is -0.351 e. The number of fused-ring (bicyclic) bond motifs is 1. The number of nitrogens with zero attached hydrogens (tertiary/aromatic N) is 1. The van der Waals surface area contributed by atoms with Crippen LogP contribution in [0.1, 0.15) is 17.3 Å². The summed E-state index contributed by atoms with van der Waals surface area (Å²) >= 11 is 0. The molecular weight excluding hydrogens is 174 g/mol. The molecule has 0 saturated heterocycles. The highest BCUT2D eigenvalue weighted by atomic mass is 16.1. The van der Waals surface area contributed by atoms with Crippen LogP contribution in [0.5, 0.6) is 0 Å². The van der Waals surface area contributed by atoms with Gasteiger partial charge in [0.05, 0.1) is 5.69 Å². The van der Waals surface area contributed by atoms with E-state index in [1.165, 1.54) is 0 Å². The van der Waals surface area contributed by atoms with Crippen LogP contribution in [0.4, 0.5) is 5.69 Å². The number of carbonyl (C=O) groups is 1. The van der Waals surface area contributed by atoms with Crippen molar-refractivity contribution >= 4 is 11.5 Å². The van der Waals surface area contributed by atoms with Crippen LogP contribution in [0, 0.1) is 5.92 Å². The third-order valence-electron chi connectivity index (χ3n) is 2.56. The Hall–Kier alpha value is -1.57. The predicted octanol–water partition coefficient (Wildman–Crippen LogP) is 2.47. The largest absolute Gasteiger partial charge is 0.351 e. The average molecular weight is 187 g/mol. The van der Waals surface area contributed by atoms with Crippen molar-refractivity contribution in [2.45, 2.75) is 6.92 Å². The maximum Gasteiger partial charge on any atom is 0.171 e. The monoisotopic (exact) mass is 187 g/mol. The molecule has 0 fully saturated rings. The second-order valence-corrected chi connectivity index (χ2v) is 3.62. The molecule has 0 aliphatic carbocycles. The molecule has 0 spiro atoms. The van der Waals surface area contributed by atoms with Crippen LogP contribution in [-0.2, 0) is 0 Å². The van der Waals surface area contributed by atoms with Gasteiger partial charge in [0.2, 0.25) is 0 Å². The minimum absolute atomic E-state index is 0.0268. The van der Waals surface area contributed by atoms with Gasteiger partial charge < -0.3 is 4.90 Å². The Morgan fingerprint density at radius 3 is 2.79 bits per heavy atom. The van der Waals surface area contributed by atoms with Gasteiger partial charge in [0.15, 0.2) is 5.78 Å². The number of anilines is 1. The number of carbonyl (C=O) groups excluding carboxylic acids is 1. The van der Waals surface area contributed by atoms with E-state index in [1.54, 1.807) is 0 Å². The first-order chi connectivity index (χ1) is 6.70. The van der Waals surface area contributed by atoms with Gasteiger partial charge in [0.25, 0.3) is 0 Å². The van der Waals surface area contributed by atoms with Crippen LogP contribution < -0.4 is 4.90 Å². The Bertz CT molecular complexity index is 395. The van der Waals surface area contributed by atoms with Crippen molar-refractivity contribution in [3.8, 4) is 0 Å². The quantitative estimate of drug-likeness (QED) is 0.622. The van der Waals surface area contributed by atoms with Crippen molar-refractivity contribution in [2.24, 2.45) is 5.92 Å². The van der Waals surface area contributed by atoms with Crippen molar-refractivity contribution in [3.05, 3.63) is 42.1 Å². The van der Waals surface area contributed by atoms with Crippen LogP contribution in [0.2, 0.25) is 0 Å². The Labute approximate surface area is 83.8 Å². The van der Waals surface area contributed by atoms with E-state index in [-0.39, 0.29) is 11.7 Å². The van der Waals surface area contributed by atoms with Gasteiger partial charge in [0.1, 0.15) is 0 Å². The summed E-state index contributed by atoms with van der Waals surface area (Å²) in [4.78, 5) is 13.9. The molecule has 0 bridgehead atoms. The molecule has 1 atom stereocenters. The summed E-state index contributed by atoms with van der Waals surface area (Å²) in [6.45, 7) is 1.93.